The van der Waals surface area contributed by atoms with Crippen molar-refractivity contribution in [3.05, 3.63) is 62.8 Å². The summed E-state index contributed by atoms with van der Waals surface area (Å²) in [5.41, 5.74) is -4.69. The highest BCUT2D eigenvalue weighted by Crippen LogP contribution is 2.35. The quantitative estimate of drug-likeness (QED) is 0.678. The molecule has 0 N–H and O–H groups in total. The molecule has 0 aliphatic rings. The van der Waals surface area contributed by atoms with Crippen LogP contribution >= 0.6 is 11.6 Å². The Bertz CT molecular complexity index is 784. The lowest BCUT2D eigenvalue weighted by Crippen LogP contribution is -2.21. The number of halogens is 8. The van der Waals surface area contributed by atoms with Gasteiger partial charge in [0.15, 0.2) is 0 Å². The van der Waals surface area contributed by atoms with Gasteiger partial charge in [-0.05, 0) is 18.2 Å². The first kappa shape index (κ1) is 17.3. The summed E-state index contributed by atoms with van der Waals surface area (Å²) in [6.07, 6.45) is -9.47. The van der Waals surface area contributed by atoms with E-state index in [1.165, 1.54) is 0 Å². The highest BCUT2D eigenvalue weighted by molar-refractivity contribution is 6.32. The minimum atomic E-state index is -4.90. The lowest BCUT2D eigenvalue weighted by molar-refractivity contribution is -0.138. The largest absolute Gasteiger partial charge is 0.417 e. The molecule has 0 amide bonds. The maximum Gasteiger partial charge on any atom is 0.417 e. The molecule has 0 unspecified atom stereocenters. The molecule has 23 heavy (non-hydrogen) atoms. The molecule has 0 saturated heterocycles. The number of hydrogen-bond acceptors (Lipinski definition) is 1. The monoisotopic (exact) mass is 359 g/mol. The number of pyridine rings is 1. The summed E-state index contributed by atoms with van der Waals surface area (Å²) >= 11 is 5.53. The second-order valence-corrected chi connectivity index (χ2v) is 4.82. The van der Waals surface area contributed by atoms with Crippen LogP contribution in [0.1, 0.15) is 11.1 Å². The molecule has 2 rings (SSSR count). The molecule has 124 valence electrons. The minimum Gasteiger partial charge on any atom is -0.279 e. The molecular formula is C13H5ClF7NO. The molecule has 0 spiro atoms. The zero-order valence-corrected chi connectivity index (χ0v) is 11.5. The summed E-state index contributed by atoms with van der Waals surface area (Å²) in [6, 6.07) is 1.35. The van der Waals surface area contributed by atoms with Crippen molar-refractivity contribution in [1.82, 2.24) is 4.57 Å². The summed E-state index contributed by atoms with van der Waals surface area (Å²) in [5, 5.41) is -0.848. The van der Waals surface area contributed by atoms with Crippen LogP contribution in [0.15, 0.2) is 35.3 Å². The van der Waals surface area contributed by atoms with E-state index in [0.29, 0.717) is 18.2 Å². The maximum atomic E-state index is 13.9. The summed E-state index contributed by atoms with van der Waals surface area (Å²) < 4.78 is 89.7. The van der Waals surface area contributed by atoms with Gasteiger partial charge in [-0.3, -0.25) is 9.36 Å². The molecular weight excluding hydrogens is 355 g/mol. The lowest BCUT2D eigenvalue weighted by atomic mass is 10.1. The van der Waals surface area contributed by atoms with E-state index in [4.69, 9.17) is 11.6 Å². The maximum absolute atomic E-state index is 13.9. The first-order chi connectivity index (χ1) is 10.4. The van der Waals surface area contributed by atoms with Crippen molar-refractivity contribution in [3.8, 4) is 5.69 Å². The van der Waals surface area contributed by atoms with Crippen molar-refractivity contribution in [2.45, 2.75) is 12.4 Å². The smallest absolute Gasteiger partial charge is 0.279 e. The van der Waals surface area contributed by atoms with E-state index in [9.17, 15) is 35.5 Å². The zero-order chi connectivity index (χ0) is 17.6. The summed E-state index contributed by atoms with van der Waals surface area (Å²) in [7, 11) is 0. The van der Waals surface area contributed by atoms with Crippen molar-refractivity contribution in [2.75, 3.05) is 0 Å². The molecule has 0 atom stereocenters. The number of benzene rings is 1. The predicted octanol–water partition coefficient (Wildman–Crippen LogP) is 4.67. The van der Waals surface area contributed by atoms with E-state index in [-0.39, 0.29) is 16.8 Å². The van der Waals surface area contributed by atoms with Crippen molar-refractivity contribution in [2.24, 2.45) is 0 Å². The first-order valence-electron chi connectivity index (χ1n) is 5.78. The van der Waals surface area contributed by atoms with Crippen LogP contribution < -0.4 is 5.56 Å². The van der Waals surface area contributed by atoms with Crippen LogP contribution in [-0.4, -0.2) is 4.57 Å². The Morgan fingerprint density at radius 1 is 0.913 bits per heavy atom. The van der Waals surface area contributed by atoms with E-state index in [2.05, 4.69) is 0 Å². The molecule has 2 aromatic rings. The van der Waals surface area contributed by atoms with Gasteiger partial charge in [-0.2, -0.15) is 26.3 Å². The molecule has 0 saturated carbocycles. The first-order valence-corrected chi connectivity index (χ1v) is 6.15. The third-order valence-electron chi connectivity index (χ3n) is 2.82. The Labute approximate surface area is 128 Å². The summed E-state index contributed by atoms with van der Waals surface area (Å²) in [5.74, 6) is -1.58. The van der Waals surface area contributed by atoms with Gasteiger partial charge in [-0.15, -0.1) is 0 Å². The Morgan fingerprint density at radius 3 is 1.96 bits per heavy atom. The van der Waals surface area contributed by atoms with Gasteiger partial charge in [-0.1, -0.05) is 11.6 Å². The van der Waals surface area contributed by atoms with E-state index in [1.54, 1.807) is 0 Å². The molecule has 0 radical (unpaired) electrons. The molecule has 0 bridgehead atoms. The number of aromatic nitrogens is 1. The Balaban J connectivity index is 2.71. The van der Waals surface area contributed by atoms with Crippen LogP contribution in [0.3, 0.4) is 0 Å². The van der Waals surface area contributed by atoms with Gasteiger partial charge >= 0.3 is 12.4 Å². The standard InChI is InChI=1S/C13H5ClF7NO/c14-8-3-7(13(19,20)21)4-9(15)11(8)22-5-6(12(16,17)18)1-2-10(22)23/h1-5H. The molecule has 0 aliphatic heterocycles. The van der Waals surface area contributed by atoms with E-state index in [0.717, 1.165) is 0 Å². The third-order valence-corrected chi connectivity index (χ3v) is 3.11. The third kappa shape index (κ3) is 3.49. The fourth-order valence-electron chi connectivity index (χ4n) is 1.79. The molecule has 1 aromatic heterocycles. The number of rotatable bonds is 1. The van der Waals surface area contributed by atoms with Gasteiger partial charge in [0, 0.05) is 12.3 Å². The number of nitrogens with zero attached hydrogens (tertiary/aromatic N) is 1. The lowest BCUT2D eigenvalue weighted by Gasteiger charge is -2.14. The Morgan fingerprint density at radius 2 is 1.48 bits per heavy atom. The van der Waals surface area contributed by atoms with E-state index >= 15 is 0 Å². The molecule has 2 nitrogen and oxygen atoms in total. The van der Waals surface area contributed by atoms with Gasteiger partial charge < -0.3 is 0 Å². The van der Waals surface area contributed by atoms with Crippen LogP contribution in [0.4, 0.5) is 30.7 Å². The second kappa shape index (κ2) is 5.55. The van der Waals surface area contributed by atoms with Crippen LogP contribution in [0.5, 0.6) is 0 Å². The van der Waals surface area contributed by atoms with E-state index in [1.807, 2.05) is 0 Å². The fourth-order valence-corrected chi connectivity index (χ4v) is 2.09. The average molecular weight is 360 g/mol. The number of hydrogen-bond donors (Lipinski definition) is 0. The van der Waals surface area contributed by atoms with Crippen LogP contribution in [-0.2, 0) is 12.4 Å². The van der Waals surface area contributed by atoms with Crippen LogP contribution in [0.2, 0.25) is 5.02 Å². The van der Waals surface area contributed by atoms with E-state index < -0.39 is 45.6 Å². The van der Waals surface area contributed by atoms with Crippen molar-refractivity contribution in [1.29, 1.82) is 0 Å². The van der Waals surface area contributed by atoms with Crippen molar-refractivity contribution >= 4 is 11.6 Å². The molecule has 0 fully saturated rings. The summed E-state index contributed by atoms with van der Waals surface area (Å²) in [6.45, 7) is 0. The summed E-state index contributed by atoms with van der Waals surface area (Å²) in [4.78, 5) is 11.6. The molecule has 1 aromatic carbocycles. The van der Waals surface area contributed by atoms with Gasteiger partial charge in [0.05, 0.1) is 16.1 Å². The minimum absolute atomic E-state index is 0.0495. The Kier molecular flexibility index (Phi) is 4.18. The second-order valence-electron chi connectivity index (χ2n) is 4.41. The van der Waals surface area contributed by atoms with Gasteiger partial charge in [0.25, 0.3) is 5.56 Å². The number of alkyl halides is 6. The van der Waals surface area contributed by atoms with Crippen molar-refractivity contribution in [3.63, 3.8) is 0 Å². The fraction of sp³-hybridized carbons (Fsp3) is 0.154. The normalized spacial score (nSPS) is 12.5. The topological polar surface area (TPSA) is 22.0 Å². The highest BCUT2D eigenvalue weighted by Gasteiger charge is 2.34. The zero-order valence-electron chi connectivity index (χ0n) is 10.8. The predicted molar refractivity (Wildman–Crippen MR) is 67.0 cm³/mol. The highest BCUT2D eigenvalue weighted by atomic mass is 35.5. The molecule has 0 aliphatic carbocycles. The SMILES string of the molecule is O=c1ccc(C(F)(F)F)cn1-c1c(F)cc(C(F)(F)F)cc1Cl. The van der Waals surface area contributed by atoms with Crippen LogP contribution in [0, 0.1) is 5.82 Å². The van der Waals surface area contributed by atoms with Gasteiger partial charge in [-0.25, -0.2) is 4.39 Å². The van der Waals surface area contributed by atoms with Gasteiger partial charge in [0.1, 0.15) is 11.5 Å². The average Bonchev–Trinajstić information content (AvgIpc) is 2.37. The molecule has 10 heteroatoms. The Hall–Kier alpha value is -2.03. The van der Waals surface area contributed by atoms with Gasteiger partial charge in [0.2, 0.25) is 0 Å². The molecule has 1 heterocycles. The van der Waals surface area contributed by atoms with Crippen molar-refractivity contribution < 1.29 is 30.7 Å². The van der Waals surface area contributed by atoms with Crippen LogP contribution in [0.25, 0.3) is 5.69 Å².